The van der Waals surface area contributed by atoms with Crippen molar-refractivity contribution in [3.05, 3.63) is 35.6 Å². The van der Waals surface area contributed by atoms with Crippen LogP contribution in [0.1, 0.15) is 22.7 Å². The van der Waals surface area contributed by atoms with Crippen LogP contribution in [0.5, 0.6) is 0 Å². The predicted octanol–water partition coefficient (Wildman–Crippen LogP) is 1.47. The lowest BCUT2D eigenvalue weighted by Crippen LogP contribution is -2.28. The van der Waals surface area contributed by atoms with Crippen LogP contribution < -0.4 is 5.32 Å². The molecule has 0 fully saturated rings. The first kappa shape index (κ1) is 6.51. The van der Waals surface area contributed by atoms with Gasteiger partial charge in [0.05, 0.1) is 6.10 Å². The maximum absolute atomic E-state index is 12.9. The van der Waals surface area contributed by atoms with Crippen LogP contribution in [-0.4, -0.2) is 18.1 Å². The number of hydrogen-bond donors (Lipinski definition) is 2. The summed E-state index contributed by atoms with van der Waals surface area (Å²) in [5, 5.41) is 12.1. The molecule has 0 aliphatic carbocycles. The molecule has 2 atom stereocenters. The minimum absolute atomic E-state index is 0.351. The van der Waals surface area contributed by atoms with Crippen molar-refractivity contribution in [3.63, 3.8) is 0 Å². The molecule has 3 heteroatoms. The number of hydrogen-bond acceptors (Lipinski definition) is 2. The molecule has 0 aromatic heterocycles. The molecule has 0 saturated heterocycles. The molecule has 0 saturated carbocycles. The minimum Gasteiger partial charge on any atom is -0.387 e. The Balaban J connectivity index is 2.74. The Kier molecular flexibility index (Phi) is 2.18. The second-order valence-electron chi connectivity index (χ2n) is 2.93. The van der Waals surface area contributed by atoms with Crippen molar-refractivity contribution in [2.24, 2.45) is 0 Å². The highest BCUT2D eigenvalue weighted by Gasteiger charge is 2.14. The van der Waals surface area contributed by atoms with Gasteiger partial charge in [-0.2, -0.15) is 0 Å². The zero-order valence-electron chi connectivity index (χ0n) is 10.3. The summed E-state index contributed by atoms with van der Waals surface area (Å²) in [6.45, 7) is -0.796. The van der Waals surface area contributed by atoms with E-state index < -0.39 is 24.9 Å². The Morgan fingerprint density at radius 3 is 3.00 bits per heavy atom. The third-order valence-electron chi connectivity index (χ3n) is 1.89. The lowest BCUT2D eigenvalue weighted by atomic mass is 10.0. The van der Waals surface area contributed by atoms with Crippen LogP contribution in [0.15, 0.2) is 24.3 Å². The van der Waals surface area contributed by atoms with Crippen LogP contribution in [0.4, 0.5) is 4.39 Å². The van der Waals surface area contributed by atoms with Gasteiger partial charge in [-0.3, -0.25) is 0 Å². The van der Waals surface area contributed by atoms with Crippen LogP contribution in [0.2, 0.25) is 0 Å². The molecule has 0 aliphatic heterocycles. The molecule has 72 valence electrons. The maximum Gasteiger partial charge on any atom is 0.123 e. The van der Waals surface area contributed by atoms with Gasteiger partial charge in [0, 0.05) is 10.2 Å². The van der Waals surface area contributed by atoms with E-state index in [0.717, 1.165) is 0 Å². The lowest BCUT2D eigenvalue weighted by Gasteiger charge is -2.18. The quantitative estimate of drug-likeness (QED) is 0.749. The molecular weight excluding hydrogens is 169 g/mol. The number of rotatable bonds is 3. The Labute approximate surface area is 81.6 Å². The molecule has 2 nitrogen and oxygen atoms in total. The highest BCUT2D eigenvalue weighted by molar-refractivity contribution is 5.19. The Hall–Kier alpha value is -0.930. The van der Waals surface area contributed by atoms with Gasteiger partial charge in [0.2, 0.25) is 0 Å². The summed E-state index contributed by atoms with van der Waals surface area (Å²) in [6, 6.07) is 4.77. The van der Waals surface area contributed by atoms with E-state index in [9.17, 15) is 9.50 Å². The first-order valence-electron chi connectivity index (χ1n) is 5.51. The number of halogens is 1. The standard InChI is InChI=1S/C10H14FNO/c1-7(12-2)10(13)8-4-3-5-9(11)6-8/h3-7,10,12-13H,1-2H3/t7-,10-/m1/s1/i2D3. The van der Waals surface area contributed by atoms with Gasteiger partial charge in [0.1, 0.15) is 5.82 Å². The smallest absolute Gasteiger partial charge is 0.123 e. The van der Waals surface area contributed by atoms with E-state index in [2.05, 4.69) is 5.32 Å². The van der Waals surface area contributed by atoms with Crippen LogP contribution in [0, 0.1) is 5.82 Å². The van der Waals surface area contributed by atoms with Crippen molar-refractivity contribution >= 4 is 0 Å². The first-order chi connectivity index (χ1) is 7.29. The molecule has 0 amide bonds. The van der Waals surface area contributed by atoms with E-state index in [4.69, 9.17) is 4.11 Å². The van der Waals surface area contributed by atoms with Gasteiger partial charge in [-0.15, -0.1) is 0 Å². The molecule has 1 rings (SSSR count). The molecule has 1 aromatic rings. The van der Waals surface area contributed by atoms with Gasteiger partial charge < -0.3 is 10.4 Å². The third-order valence-corrected chi connectivity index (χ3v) is 1.89. The number of benzene rings is 1. The monoisotopic (exact) mass is 186 g/mol. The van der Waals surface area contributed by atoms with Gasteiger partial charge in [0.15, 0.2) is 0 Å². The van der Waals surface area contributed by atoms with Crippen molar-refractivity contribution < 1.29 is 13.6 Å². The summed E-state index contributed by atoms with van der Waals surface area (Å²) in [5.74, 6) is -0.461. The normalized spacial score (nSPS) is 19.8. The topological polar surface area (TPSA) is 32.3 Å². The summed E-state index contributed by atoms with van der Waals surface area (Å²) >= 11 is 0. The summed E-state index contributed by atoms with van der Waals surface area (Å²) in [4.78, 5) is 0. The fourth-order valence-corrected chi connectivity index (χ4v) is 1.06. The van der Waals surface area contributed by atoms with Gasteiger partial charge in [-0.05, 0) is 31.6 Å². The number of aliphatic hydroxyl groups excluding tert-OH is 1. The Bertz CT molecular complexity index is 356. The predicted molar refractivity (Wildman–Crippen MR) is 49.9 cm³/mol. The zero-order valence-corrected chi connectivity index (χ0v) is 7.29. The molecule has 1 aromatic carbocycles. The molecule has 0 heterocycles. The Morgan fingerprint density at radius 2 is 2.38 bits per heavy atom. The molecule has 0 spiro atoms. The van der Waals surface area contributed by atoms with Gasteiger partial charge in [0.25, 0.3) is 0 Å². The van der Waals surface area contributed by atoms with E-state index >= 15 is 0 Å². The van der Waals surface area contributed by atoms with Crippen molar-refractivity contribution in [2.45, 2.75) is 19.1 Å². The lowest BCUT2D eigenvalue weighted by molar-refractivity contribution is 0.140. The van der Waals surface area contributed by atoms with Crippen molar-refractivity contribution in [3.8, 4) is 0 Å². The van der Waals surface area contributed by atoms with Crippen molar-refractivity contribution in [1.29, 1.82) is 0 Å². The van der Waals surface area contributed by atoms with E-state index in [0.29, 0.717) is 5.56 Å². The SMILES string of the molecule is [2H]C([2H])([2H])N[C@H](C)[C@@H](O)c1cccc(F)c1. The van der Waals surface area contributed by atoms with E-state index in [-0.39, 0.29) is 0 Å². The highest BCUT2D eigenvalue weighted by atomic mass is 19.1. The van der Waals surface area contributed by atoms with Gasteiger partial charge in [-0.25, -0.2) is 4.39 Å². The molecule has 0 aliphatic rings. The van der Waals surface area contributed by atoms with Gasteiger partial charge >= 0.3 is 0 Å². The van der Waals surface area contributed by atoms with E-state index in [1.807, 2.05) is 0 Å². The number of likely N-dealkylation sites (N-methyl/N-ethyl adjacent to an activating group) is 1. The highest BCUT2D eigenvalue weighted by Crippen LogP contribution is 2.16. The molecule has 2 N–H and O–H groups in total. The van der Waals surface area contributed by atoms with Crippen LogP contribution >= 0.6 is 0 Å². The fourth-order valence-electron chi connectivity index (χ4n) is 1.06. The second-order valence-corrected chi connectivity index (χ2v) is 2.93. The summed E-state index contributed by atoms with van der Waals surface area (Å²) in [6.07, 6.45) is -1.06. The van der Waals surface area contributed by atoms with Crippen LogP contribution in [0.25, 0.3) is 0 Å². The molecule has 0 radical (unpaired) electrons. The van der Waals surface area contributed by atoms with Crippen LogP contribution in [0.3, 0.4) is 0 Å². The third kappa shape index (κ3) is 2.50. The minimum atomic E-state index is -2.33. The summed E-state index contributed by atoms with van der Waals surface area (Å²) in [7, 11) is 0. The number of nitrogens with one attached hydrogen (secondary N) is 1. The molecule has 0 unspecified atom stereocenters. The Morgan fingerprint density at radius 1 is 1.62 bits per heavy atom. The number of aliphatic hydroxyl groups is 1. The fraction of sp³-hybridized carbons (Fsp3) is 0.400. The zero-order chi connectivity index (χ0) is 12.3. The van der Waals surface area contributed by atoms with E-state index in [1.54, 1.807) is 6.07 Å². The van der Waals surface area contributed by atoms with Crippen LogP contribution in [-0.2, 0) is 0 Å². The first-order valence-corrected chi connectivity index (χ1v) is 4.01. The van der Waals surface area contributed by atoms with E-state index in [1.165, 1.54) is 25.1 Å². The average Bonchev–Trinajstić information content (AvgIpc) is 2.14. The molecular formula is C10H14FNO. The molecule has 13 heavy (non-hydrogen) atoms. The van der Waals surface area contributed by atoms with Gasteiger partial charge in [-0.1, -0.05) is 12.1 Å². The largest absolute Gasteiger partial charge is 0.387 e. The second kappa shape index (κ2) is 4.35. The van der Waals surface area contributed by atoms with Crippen molar-refractivity contribution in [1.82, 2.24) is 5.32 Å². The van der Waals surface area contributed by atoms with Crippen molar-refractivity contribution in [2.75, 3.05) is 6.98 Å². The summed E-state index contributed by atoms with van der Waals surface area (Å²) < 4.78 is 33.9. The maximum atomic E-state index is 12.9. The average molecular weight is 186 g/mol. The summed E-state index contributed by atoms with van der Waals surface area (Å²) in [5.41, 5.74) is 0.351. The molecule has 0 bridgehead atoms.